The van der Waals surface area contributed by atoms with Crippen LogP contribution in [0.15, 0.2) is 24.3 Å². The van der Waals surface area contributed by atoms with Crippen molar-refractivity contribution >= 4 is 6.03 Å². The van der Waals surface area contributed by atoms with Crippen LogP contribution in [-0.4, -0.2) is 42.3 Å². The lowest BCUT2D eigenvalue weighted by atomic mass is 9.84. The van der Waals surface area contributed by atoms with Crippen molar-refractivity contribution in [1.29, 1.82) is 0 Å². The highest BCUT2D eigenvalue weighted by atomic mass is 19.1. The minimum atomic E-state index is -0.468. The van der Waals surface area contributed by atoms with Gasteiger partial charge in [-0.25, -0.2) is 9.18 Å². The van der Waals surface area contributed by atoms with Gasteiger partial charge in [0.05, 0.1) is 0 Å². The van der Waals surface area contributed by atoms with Crippen LogP contribution in [0.5, 0.6) is 0 Å². The minimum absolute atomic E-state index is 0.110. The molecule has 0 unspecified atom stereocenters. The maximum atomic E-state index is 13.9. The second-order valence-corrected chi connectivity index (χ2v) is 6.64. The van der Waals surface area contributed by atoms with Crippen LogP contribution in [0.4, 0.5) is 9.18 Å². The Morgan fingerprint density at radius 1 is 1.36 bits per heavy atom. The van der Waals surface area contributed by atoms with Crippen molar-refractivity contribution in [2.75, 3.05) is 26.2 Å². The zero-order valence-electron chi connectivity index (χ0n) is 13.3. The summed E-state index contributed by atoms with van der Waals surface area (Å²) in [7, 11) is 0. The molecule has 0 spiro atoms. The Bertz CT molecular complexity index is 511. The lowest BCUT2D eigenvalue weighted by molar-refractivity contribution is 0.136. The SMILES string of the molecule is CC(C)(CNC(=O)N1CCC(CO)CC1)c1ccccc1F. The first-order chi connectivity index (χ1) is 10.4. The molecule has 1 aliphatic rings. The fourth-order valence-corrected chi connectivity index (χ4v) is 2.83. The van der Waals surface area contributed by atoms with Crippen molar-refractivity contribution < 1.29 is 14.3 Å². The summed E-state index contributed by atoms with van der Waals surface area (Å²) in [6, 6.07) is 6.56. The molecule has 1 heterocycles. The number of urea groups is 1. The molecule has 1 aromatic rings. The van der Waals surface area contributed by atoms with Crippen LogP contribution < -0.4 is 5.32 Å². The molecule has 1 aromatic carbocycles. The molecule has 1 saturated heterocycles. The summed E-state index contributed by atoms with van der Waals surface area (Å²) in [5.41, 5.74) is 0.138. The number of nitrogens with zero attached hydrogens (tertiary/aromatic N) is 1. The maximum Gasteiger partial charge on any atom is 0.317 e. The first-order valence-electron chi connectivity index (χ1n) is 7.82. The Hall–Kier alpha value is -1.62. The summed E-state index contributed by atoms with van der Waals surface area (Å²) >= 11 is 0. The number of benzene rings is 1. The number of carbonyl (C=O) groups is 1. The average Bonchev–Trinajstić information content (AvgIpc) is 2.53. The Kier molecular flexibility index (Phi) is 5.40. The van der Waals surface area contributed by atoms with Crippen LogP contribution in [0, 0.1) is 11.7 Å². The van der Waals surface area contributed by atoms with E-state index in [1.165, 1.54) is 6.07 Å². The van der Waals surface area contributed by atoms with Crippen molar-refractivity contribution in [3.8, 4) is 0 Å². The molecule has 0 saturated carbocycles. The molecule has 0 atom stereocenters. The third-order valence-electron chi connectivity index (χ3n) is 4.44. The molecular weight excluding hydrogens is 283 g/mol. The van der Waals surface area contributed by atoms with Gasteiger partial charge in [0.25, 0.3) is 0 Å². The first kappa shape index (κ1) is 16.7. The van der Waals surface area contributed by atoms with E-state index in [2.05, 4.69) is 5.32 Å². The van der Waals surface area contributed by atoms with Gasteiger partial charge in [-0.05, 0) is 30.4 Å². The fraction of sp³-hybridized carbons (Fsp3) is 0.588. The highest BCUT2D eigenvalue weighted by molar-refractivity contribution is 5.74. The molecule has 0 bridgehead atoms. The smallest absolute Gasteiger partial charge is 0.317 e. The van der Waals surface area contributed by atoms with E-state index in [1.807, 2.05) is 19.9 Å². The van der Waals surface area contributed by atoms with Gasteiger partial charge in [0.15, 0.2) is 0 Å². The zero-order chi connectivity index (χ0) is 16.2. The van der Waals surface area contributed by atoms with E-state index in [9.17, 15) is 9.18 Å². The summed E-state index contributed by atoms with van der Waals surface area (Å²) in [5, 5.41) is 12.0. The van der Waals surface area contributed by atoms with E-state index in [-0.39, 0.29) is 18.5 Å². The number of likely N-dealkylation sites (tertiary alicyclic amines) is 1. The van der Waals surface area contributed by atoms with E-state index in [0.29, 0.717) is 31.1 Å². The minimum Gasteiger partial charge on any atom is -0.396 e. The quantitative estimate of drug-likeness (QED) is 0.898. The van der Waals surface area contributed by atoms with Gasteiger partial charge in [-0.2, -0.15) is 0 Å². The Balaban J connectivity index is 1.89. The number of halogens is 1. The Morgan fingerprint density at radius 3 is 2.59 bits per heavy atom. The average molecular weight is 308 g/mol. The van der Waals surface area contributed by atoms with Gasteiger partial charge in [0, 0.05) is 31.7 Å². The predicted octanol–water partition coefficient (Wildman–Crippen LogP) is 2.52. The molecule has 4 nitrogen and oxygen atoms in total. The van der Waals surface area contributed by atoms with Crippen LogP contribution in [0.25, 0.3) is 0 Å². The fourth-order valence-electron chi connectivity index (χ4n) is 2.83. The van der Waals surface area contributed by atoms with Crippen LogP contribution in [0.3, 0.4) is 0 Å². The summed E-state index contributed by atoms with van der Waals surface area (Å²) in [6.07, 6.45) is 1.67. The third-order valence-corrected chi connectivity index (χ3v) is 4.44. The molecule has 122 valence electrons. The van der Waals surface area contributed by atoms with Gasteiger partial charge < -0.3 is 15.3 Å². The van der Waals surface area contributed by atoms with Gasteiger partial charge in [-0.15, -0.1) is 0 Å². The molecule has 1 fully saturated rings. The van der Waals surface area contributed by atoms with Crippen molar-refractivity contribution in [1.82, 2.24) is 10.2 Å². The Morgan fingerprint density at radius 2 is 2.00 bits per heavy atom. The lowest BCUT2D eigenvalue weighted by Crippen LogP contribution is -2.48. The van der Waals surface area contributed by atoms with Gasteiger partial charge >= 0.3 is 6.03 Å². The molecule has 0 aromatic heterocycles. The normalized spacial score (nSPS) is 16.6. The summed E-state index contributed by atoms with van der Waals surface area (Å²) < 4.78 is 13.9. The number of amides is 2. The molecule has 0 radical (unpaired) electrons. The van der Waals surface area contributed by atoms with Gasteiger partial charge in [-0.3, -0.25) is 0 Å². The third kappa shape index (κ3) is 3.97. The van der Waals surface area contributed by atoms with Crippen molar-refractivity contribution in [2.24, 2.45) is 5.92 Å². The number of nitrogens with one attached hydrogen (secondary N) is 1. The van der Waals surface area contributed by atoms with Gasteiger partial charge in [0.2, 0.25) is 0 Å². The molecular formula is C17H25FN2O2. The van der Waals surface area contributed by atoms with Crippen LogP contribution in [0.1, 0.15) is 32.3 Å². The van der Waals surface area contributed by atoms with Crippen molar-refractivity contribution in [3.05, 3.63) is 35.6 Å². The number of carbonyl (C=O) groups excluding carboxylic acids is 1. The zero-order valence-corrected chi connectivity index (χ0v) is 13.3. The molecule has 2 amide bonds. The predicted molar refractivity (Wildman–Crippen MR) is 84.2 cm³/mol. The van der Waals surface area contributed by atoms with Gasteiger partial charge in [0.1, 0.15) is 5.82 Å². The topological polar surface area (TPSA) is 52.6 Å². The lowest BCUT2D eigenvalue weighted by Gasteiger charge is -2.33. The molecule has 1 aliphatic heterocycles. The highest BCUT2D eigenvalue weighted by Gasteiger charge is 2.27. The van der Waals surface area contributed by atoms with Gasteiger partial charge in [-0.1, -0.05) is 32.0 Å². The number of hydrogen-bond acceptors (Lipinski definition) is 2. The van der Waals surface area contributed by atoms with Crippen molar-refractivity contribution in [3.63, 3.8) is 0 Å². The second-order valence-electron chi connectivity index (χ2n) is 6.64. The van der Waals surface area contributed by atoms with Crippen LogP contribution >= 0.6 is 0 Å². The second kappa shape index (κ2) is 7.09. The standard InChI is InChI=1S/C17H25FN2O2/c1-17(2,14-5-3-4-6-15(14)18)12-19-16(22)20-9-7-13(11-21)8-10-20/h3-6,13,21H,7-12H2,1-2H3,(H,19,22). The first-order valence-corrected chi connectivity index (χ1v) is 7.82. The molecule has 2 rings (SSSR count). The molecule has 22 heavy (non-hydrogen) atoms. The molecule has 5 heteroatoms. The largest absolute Gasteiger partial charge is 0.396 e. The molecule has 2 N–H and O–H groups in total. The van der Waals surface area contributed by atoms with E-state index in [1.54, 1.807) is 17.0 Å². The summed E-state index contributed by atoms with van der Waals surface area (Å²) in [4.78, 5) is 14.0. The van der Waals surface area contributed by atoms with E-state index in [4.69, 9.17) is 5.11 Å². The van der Waals surface area contributed by atoms with Crippen LogP contribution in [0.2, 0.25) is 0 Å². The maximum absolute atomic E-state index is 13.9. The van der Waals surface area contributed by atoms with Crippen molar-refractivity contribution in [2.45, 2.75) is 32.1 Å². The highest BCUT2D eigenvalue weighted by Crippen LogP contribution is 2.25. The number of aliphatic hydroxyl groups is 1. The van der Waals surface area contributed by atoms with E-state index >= 15 is 0 Å². The monoisotopic (exact) mass is 308 g/mol. The van der Waals surface area contributed by atoms with E-state index in [0.717, 1.165) is 12.8 Å². The number of piperidine rings is 1. The summed E-state index contributed by atoms with van der Waals surface area (Å²) in [6.45, 7) is 5.74. The Labute approximate surface area is 131 Å². The summed E-state index contributed by atoms with van der Waals surface area (Å²) in [5.74, 6) is 0.0596. The number of rotatable bonds is 4. The van der Waals surface area contributed by atoms with E-state index < -0.39 is 5.41 Å². The molecule has 0 aliphatic carbocycles. The van der Waals surface area contributed by atoms with Crippen LogP contribution in [-0.2, 0) is 5.41 Å². The number of hydrogen-bond donors (Lipinski definition) is 2. The number of aliphatic hydroxyl groups excluding tert-OH is 1.